The van der Waals surface area contributed by atoms with E-state index in [1.54, 1.807) is 11.1 Å². The molecule has 0 bridgehead atoms. The number of carbonyl (C=O) groups excluding carboxylic acids is 2. The van der Waals surface area contributed by atoms with Crippen molar-refractivity contribution in [3.05, 3.63) is 47.3 Å². The van der Waals surface area contributed by atoms with Gasteiger partial charge in [-0.1, -0.05) is 12.1 Å². The number of rotatable bonds is 8. The zero-order chi connectivity index (χ0) is 22.3. The van der Waals surface area contributed by atoms with Gasteiger partial charge in [-0.3, -0.25) is 9.59 Å². The maximum Gasteiger partial charge on any atom is 0.416 e. The highest BCUT2D eigenvalue weighted by molar-refractivity contribution is 5.77. The quantitative estimate of drug-likeness (QED) is 0.665. The number of aromatic nitrogens is 3. The normalized spacial score (nSPS) is 15.1. The molecule has 1 fully saturated rings. The zero-order valence-electron chi connectivity index (χ0n) is 17.1. The molecular weight excluding hydrogens is 411 g/mol. The van der Waals surface area contributed by atoms with Crippen molar-refractivity contribution in [2.24, 2.45) is 0 Å². The molecule has 168 valence electrons. The molecule has 1 aromatic heterocycles. The number of amides is 2. The summed E-state index contributed by atoms with van der Waals surface area (Å²) in [6.45, 7) is 1.13. The molecule has 2 heterocycles. The van der Waals surface area contributed by atoms with Crippen molar-refractivity contribution in [1.82, 2.24) is 25.6 Å². The summed E-state index contributed by atoms with van der Waals surface area (Å²) in [5, 5.41) is 13.2. The molecule has 0 saturated carbocycles. The lowest BCUT2D eigenvalue weighted by Crippen LogP contribution is -2.46. The number of benzene rings is 1. The van der Waals surface area contributed by atoms with Crippen LogP contribution in [0.15, 0.2) is 30.5 Å². The van der Waals surface area contributed by atoms with Crippen LogP contribution in [-0.2, 0) is 28.6 Å². The summed E-state index contributed by atoms with van der Waals surface area (Å²) >= 11 is 0. The smallest absolute Gasteiger partial charge is 0.353 e. The maximum absolute atomic E-state index is 12.6. The van der Waals surface area contributed by atoms with Gasteiger partial charge in [0.05, 0.1) is 17.5 Å². The lowest BCUT2D eigenvalue weighted by atomic mass is 10.0. The van der Waals surface area contributed by atoms with E-state index in [0.29, 0.717) is 57.2 Å². The van der Waals surface area contributed by atoms with Crippen molar-refractivity contribution < 1.29 is 22.8 Å². The third-order valence-electron chi connectivity index (χ3n) is 5.42. The fraction of sp³-hybridized carbons (Fsp3) is 0.524. The topological polar surface area (TPSA) is 91.0 Å². The SMILES string of the molecule is O=C(CCCc1cn[nH]n1)NC1CCN(C(=O)CCc2ccc(C(F)(F)F)cc2)CC1. The highest BCUT2D eigenvalue weighted by Crippen LogP contribution is 2.29. The Hall–Kier alpha value is -2.91. The fourth-order valence-electron chi connectivity index (χ4n) is 3.62. The first kappa shape index (κ1) is 22.8. The van der Waals surface area contributed by atoms with Crippen LogP contribution in [0, 0.1) is 0 Å². The number of aryl methyl sites for hydroxylation is 2. The maximum atomic E-state index is 12.6. The number of alkyl halides is 3. The summed E-state index contributed by atoms with van der Waals surface area (Å²) in [6.07, 6.45) is 1.13. The Morgan fingerprint density at radius 3 is 2.42 bits per heavy atom. The summed E-state index contributed by atoms with van der Waals surface area (Å²) in [4.78, 5) is 26.3. The number of likely N-dealkylation sites (tertiary alicyclic amines) is 1. The summed E-state index contributed by atoms with van der Waals surface area (Å²) in [5.74, 6) is -0.0205. The van der Waals surface area contributed by atoms with Crippen molar-refractivity contribution in [1.29, 1.82) is 0 Å². The second-order valence-electron chi connectivity index (χ2n) is 7.73. The highest BCUT2D eigenvalue weighted by atomic mass is 19.4. The van der Waals surface area contributed by atoms with E-state index in [2.05, 4.69) is 20.7 Å². The van der Waals surface area contributed by atoms with Gasteiger partial charge in [0.2, 0.25) is 11.8 Å². The average Bonchev–Trinajstić information content (AvgIpc) is 3.26. The van der Waals surface area contributed by atoms with E-state index in [-0.39, 0.29) is 24.3 Å². The number of piperidine rings is 1. The van der Waals surface area contributed by atoms with Crippen molar-refractivity contribution in [3.63, 3.8) is 0 Å². The predicted molar refractivity (Wildman–Crippen MR) is 107 cm³/mol. The van der Waals surface area contributed by atoms with E-state index in [1.165, 1.54) is 12.1 Å². The van der Waals surface area contributed by atoms with Crippen LogP contribution in [0.1, 0.15) is 48.9 Å². The molecule has 0 atom stereocenters. The largest absolute Gasteiger partial charge is 0.416 e. The summed E-state index contributed by atoms with van der Waals surface area (Å²) in [5.41, 5.74) is 0.842. The van der Waals surface area contributed by atoms with E-state index in [9.17, 15) is 22.8 Å². The third kappa shape index (κ3) is 7.08. The Balaban J connectivity index is 1.33. The van der Waals surface area contributed by atoms with Crippen molar-refractivity contribution >= 4 is 11.8 Å². The molecule has 0 radical (unpaired) electrons. The molecule has 1 saturated heterocycles. The third-order valence-corrected chi connectivity index (χ3v) is 5.42. The number of H-pyrrole nitrogens is 1. The Morgan fingerprint density at radius 1 is 1.10 bits per heavy atom. The van der Waals surface area contributed by atoms with Crippen LogP contribution in [0.25, 0.3) is 0 Å². The van der Waals surface area contributed by atoms with Gasteiger partial charge in [-0.05, 0) is 49.8 Å². The Bertz CT molecular complexity index is 845. The molecule has 7 nitrogen and oxygen atoms in total. The summed E-state index contributed by atoms with van der Waals surface area (Å²) in [6, 6.07) is 4.97. The second kappa shape index (κ2) is 10.4. The molecule has 1 aromatic carbocycles. The molecule has 0 aliphatic carbocycles. The number of halogens is 3. The fourth-order valence-corrected chi connectivity index (χ4v) is 3.62. The van der Waals surface area contributed by atoms with Crippen LogP contribution >= 0.6 is 0 Å². The van der Waals surface area contributed by atoms with E-state index in [4.69, 9.17) is 0 Å². The van der Waals surface area contributed by atoms with Gasteiger partial charge in [0.25, 0.3) is 0 Å². The molecular formula is C21H26F3N5O2. The molecule has 31 heavy (non-hydrogen) atoms. The van der Waals surface area contributed by atoms with Crippen LogP contribution in [0.5, 0.6) is 0 Å². The van der Waals surface area contributed by atoms with E-state index < -0.39 is 11.7 Å². The van der Waals surface area contributed by atoms with Gasteiger partial charge in [0, 0.05) is 32.0 Å². The number of aromatic amines is 1. The number of hydrogen-bond donors (Lipinski definition) is 2. The van der Waals surface area contributed by atoms with Crippen molar-refractivity contribution in [2.75, 3.05) is 13.1 Å². The van der Waals surface area contributed by atoms with Gasteiger partial charge in [-0.25, -0.2) is 0 Å². The van der Waals surface area contributed by atoms with Crippen molar-refractivity contribution in [3.8, 4) is 0 Å². The molecule has 0 spiro atoms. The first-order chi connectivity index (χ1) is 14.8. The first-order valence-electron chi connectivity index (χ1n) is 10.4. The zero-order valence-corrected chi connectivity index (χ0v) is 17.1. The molecule has 1 aliphatic heterocycles. The second-order valence-corrected chi connectivity index (χ2v) is 7.73. The van der Waals surface area contributed by atoms with Gasteiger partial charge < -0.3 is 10.2 Å². The summed E-state index contributed by atoms with van der Waals surface area (Å²) < 4.78 is 37.8. The molecule has 10 heteroatoms. The van der Waals surface area contributed by atoms with Crippen LogP contribution in [0.2, 0.25) is 0 Å². The van der Waals surface area contributed by atoms with Gasteiger partial charge in [0.15, 0.2) is 0 Å². The average molecular weight is 437 g/mol. The number of carbonyl (C=O) groups is 2. The highest BCUT2D eigenvalue weighted by Gasteiger charge is 2.30. The monoisotopic (exact) mass is 437 g/mol. The van der Waals surface area contributed by atoms with Crippen LogP contribution in [0.4, 0.5) is 13.2 Å². The lowest BCUT2D eigenvalue weighted by Gasteiger charge is -2.32. The number of hydrogen-bond acceptors (Lipinski definition) is 4. The number of nitrogens with zero attached hydrogens (tertiary/aromatic N) is 3. The molecule has 2 amide bonds. The van der Waals surface area contributed by atoms with Crippen LogP contribution in [-0.4, -0.2) is 51.3 Å². The number of nitrogens with one attached hydrogen (secondary N) is 2. The minimum absolute atomic E-state index is 0.00410. The van der Waals surface area contributed by atoms with Gasteiger partial charge in [-0.2, -0.15) is 28.6 Å². The Kier molecular flexibility index (Phi) is 7.64. The molecule has 3 rings (SSSR count). The Morgan fingerprint density at radius 2 is 1.81 bits per heavy atom. The van der Waals surface area contributed by atoms with Crippen LogP contribution < -0.4 is 5.32 Å². The lowest BCUT2D eigenvalue weighted by molar-refractivity contribution is -0.137. The van der Waals surface area contributed by atoms with E-state index in [0.717, 1.165) is 17.8 Å². The standard InChI is InChI=1S/C21H26F3N5O2/c22-21(23,24)16-7-4-15(5-8-16)6-9-20(31)29-12-10-17(11-13-29)26-19(30)3-1-2-18-14-25-28-27-18/h4-5,7-8,14,17H,1-3,6,9-13H2,(H,26,30)(H,25,27,28). The van der Waals surface area contributed by atoms with Gasteiger partial charge in [-0.15, -0.1) is 0 Å². The minimum atomic E-state index is -4.36. The molecule has 0 unspecified atom stereocenters. The first-order valence-corrected chi connectivity index (χ1v) is 10.4. The molecule has 2 N–H and O–H groups in total. The predicted octanol–water partition coefficient (Wildman–Crippen LogP) is 2.89. The van der Waals surface area contributed by atoms with Crippen LogP contribution in [0.3, 0.4) is 0 Å². The summed E-state index contributed by atoms with van der Waals surface area (Å²) in [7, 11) is 0. The van der Waals surface area contributed by atoms with Gasteiger partial charge >= 0.3 is 6.18 Å². The minimum Gasteiger partial charge on any atom is -0.353 e. The van der Waals surface area contributed by atoms with Gasteiger partial charge in [0.1, 0.15) is 0 Å². The van der Waals surface area contributed by atoms with Crippen molar-refractivity contribution in [2.45, 2.75) is 57.2 Å². The van der Waals surface area contributed by atoms with E-state index in [1.807, 2.05) is 0 Å². The Labute approximate surface area is 178 Å². The van der Waals surface area contributed by atoms with E-state index >= 15 is 0 Å². The molecule has 2 aromatic rings. The molecule has 1 aliphatic rings.